The van der Waals surface area contributed by atoms with Crippen molar-refractivity contribution in [3.63, 3.8) is 0 Å². The molecule has 6 nitrogen and oxygen atoms in total. The van der Waals surface area contributed by atoms with Crippen LogP contribution in [0, 0.1) is 0 Å². The summed E-state index contributed by atoms with van der Waals surface area (Å²) in [5.41, 5.74) is 1.31. The van der Waals surface area contributed by atoms with Crippen molar-refractivity contribution in [3.8, 4) is 5.69 Å². The highest BCUT2D eigenvalue weighted by molar-refractivity contribution is 5.92. The van der Waals surface area contributed by atoms with Crippen molar-refractivity contribution in [1.82, 2.24) is 25.2 Å². The Labute approximate surface area is 123 Å². The fourth-order valence-corrected chi connectivity index (χ4v) is 2.60. The fourth-order valence-electron chi connectivity index (χ4n) is 2.60. The summed E-state index contributed by atoms with van der Waals surface area (Å²) in [7, 11) is 1.97. The van der Waals surface area contributed by atoms with Crippen molar-refractivity contribution in [1.29, 1.82) is 0 Å². The number of nitrogens with zero attached hydrogens (tertiary/aromatic N) is 4. The molecule has 21 heavy (non-hydrogen) atoms. The zero-order valence-electron chi connectivity index (χ0n) is 12.1. The lowest BCUT2D eigenvalue weighted by atomic mass is 10.1. The summed E-state index contributed by atoms with van der Waals surface area (Å²) in [6.45, 7) is 1.53. The number of amides is 1. The maximum Gasteiger partial charge on any atom is 0.276 e. The third-order valence-electron chi connectivity index (χ3n) is 3.92. The SMILES string of the molecule is CNC1CCN(C(=O)c2cn(-c3ccccc3)nn2)CC1. The Morgan fingerprint density at radius 1 is 1.24 bits per heavy atom. The molecule has 0 spiro atoms. The minimum absolute atomic E-state index is 0.0354. The van der Waals surface area contributed by atoms with Crippen LogP contribution in [0.25, 0.3) is 5.69 Å². The predicted molar refractivity (Wildman–Crippen MR) is 79.3 cm³/mol. The summed E-state index contributed by atoms with van der Waals surface area (Å²) < 4.78 is 1.63. The molecule has 2 aromatic rings. The van der Waals surface area contributed by atoms with E-state index in [-0.39, 0.29) is 5.91 Å². The number of nitrogens with one attached hydrogen (secondary N) is 1. The molecule has 0 bridgehead atoms. The van der Waals surface area contributed by atoms with Crippen LogP contribution in [0.15, 0.2) is 36.5 Å². The van der Waals surface area contributed by atoms with E-state index in [1.54, 1.807) is 10.9 Å². The molecule has 1 amide bonds. The molecule has 1 aromatic carbocycles. The molecule has 1 aromatic heterocycles. The maximum atomic E-state index is 12.4. The van der Waals surface area contributed by atoms with Crippen molar-refractivity contribution < 1.29 is 4.79 Å². The van der Waals surface area contributed by atoms with E-state index in [4.69, 9.17) is 0 Å². The summed E-state index contributed by atoms with van der Waals surface area (Å²) in [4.78, 5) is 14.3. The Morgan fingerprint density at radius 2 is 1.95 bits per heavy atom. The van der Waals surface area contributed by atoms with Crippen LogP contribution in [0.3, 0.4) is 0 Å². The smallest absolute Gasteiger partial charge is 0.276 e. The van der Waals surface area contributed by atoms with Gasteiger partial charge < -0.3 is 10.2 Å². The summed E-state index contributed by atoms with van der Waals surface area (Å²) in [5, 5.41) is 11.3. The quantitative estimate of drug-likeness (QED) is 0.917. The van der Waals surface area contributed by atoms with Gasteiger partial charge in [0.25, 0.3) is 5.91 Å². The number of piperidine rings is 1. The van der Waals surface area contributed by atoms with E-state index in [1.807, 2.05) is 42.3 Å². The van der Waals surface area contributed by atoms with Crippen molar-refractivity contribution in [3.05, 3.63) is 42.2 Å². The molecule has 1 N–H and O–H groups in total. The van der Waals surface area contributed by atoms with E-state index in [1.165, 1.54) is 0 Å². The summed E-state index contributed by atoms with van der Waals surface area (Å²) in [5.74, 6) is -0.0354. The highest BCUT2D eigenvalue weighted by atomic mass is 16.2. The Hall–Kier alpha value is -2.21. The molecule has 1 aliphatic heterocycles. The first kappa shape index (κ1) is 13.8. The van der Waals surface area contributed by atoms with Gasteiger partial charge in [0.1, 0.15) is 0 Å². The number of benzene rings is 1. The monoisotopic (exact) mass is 285 g/mol. The van der Waals surface area contributed by atoms with Crippen LogP contribution in [0.1, 0.15) is 23.3 Å². The first-order valence-electron chi connectivity index (χ1n) is 7.22. The van der Waals surface area contributed by atoms with Crippen LogP contribution in [-0.4, -0.2) is 52.0 Å². The third-order valence-corrected chi connectivity index (χ3v) is 3.92. The number of rotatable bonds is 3. The predicted octanol–water partition coefficient (Wildman–Crippen LogP) is 1.09. The molecule has 0 atom stereocenters. The largest absolute Gasteiger partial charge is 0.337 e. The minimum atomic E-state index is -0.0354. The van der Waals surface area contributed by atoms with Gasteiger partial charge in [-0.15, -0.1) is 5.10 Å². The average molecular weight is 285 g/mol. The topological polar surface area (TPSA) is 63.1 Å². The minimum Gasteiger partial charge on any atom is -0.337 e. The normalized spacial score (nSPS) is 16.1. The second-order valence-corrected chi connectivity index (χ2v) is 5.24. The van der Waals surface area contributed by atoms with Gasteiger partial charge in [-0.2, -0.15) is 0 Å². The van der Waals surface area contributed by atoms with E-state index < -0.39 is 0 Å². The van der Waals surface area contributed by atoms with Gasteiger partial charge in [0.2, 0.25) is 0 Å². The number of carbonyl (C=O) groups is 1. The molecule has 0 radical (unpaired) electrons. The molecule has 3 rings (SSSR count). The summed E-state index contributed by atoms with van der Waals surface area (Å²) in [6.07, 6.45) is 3.66. The number of carbonyl (C=O) groups excluding carboxylic acids is 1. The van der Waals surface area contributed by atoms with Crippen LogP contribution >= 0.6 is 0 Å². The van der Waals surface area contributed by atoms with E-state index in [2.05, 4.69) is 15.6 Å². The molecular weight excluding hydrogens is 266 g/mol. The molecule has 6 heteroatoms. The van der Waals surface area contributed by atoms with Crippen molar-refractivity contribution >= 4 is 5.91 Å². The lowest BCUT2D eigenvalue weighted by Crippen LogP contribution is -2.44. The van der Waals surface area contributed by atoms with Gasteiger partial charge in [-0.05, 0) is 32.0 Å². The van der Waals surface area contributed by atoms with Crippen LogP contribution in [0.2, 0.25) is 0 Å². The fraction of sp³-hybridized carbons (Fsp3) is 0.400. The Morgan fingerprint density at radius 3 is 2.62 bits per heavy atom. The Bertz CT molecular complexity index is 602. The van der Waals surface area contributed by atoms with Gasteiger partial charge in [0.05, 0.1) is 11.9 Å². The van der Waals surface area contributed by atoms with E-state index in [9.17, 15) is 4.79 Å². The molecule has 0 saturated carbocycles. The van der Waals surface area contributed by atoms with Gasteiger partial charge in [-0.3, -0.25) is 4.79 Å². The van der Waals surface area contributed by atoms with Gasteiger partial charge in [0, 0.05) is 19.1 Å². The van der Waals surface area contributed by atoms with Crippen LogP contribution in [0.4, 0.5) is 0 Å². The van der Waals surface area contributed by atoms with Crippen molar-refractivity contribution in [2.75, 3.05) is 20.1 Å². The molecule has 1 aliphatic rings. The second-order valence-electron chi connectivity index (χ2n) is 5.24. The standard InChI is InChI=1S/C15H19N5O/c1-16-12-7-9-19(10-8-12)15(21)14-11-20(18-17-14)13-5-3-2-4-6-13/h2-6,11-12,16H,7-10H2,1H3. The van der Waals surface area contributed by atoms with Crippen LogP contribution < -0.4 is 5.32 Å². The summed E-state index contributed by atoms with van der Waals surface area (Å²) in [6, 6.07) is 10.2. The number of hydrogen-bond donors (Lipinski definition) is 1. The van der Waals surface area contributed by atoms with Crippen molar-refractivity contribution in [2.24, 2.45) is 0 Å². The van der Waals surface area contributed by atoms with Gasteiger partial charge in [0.15, 0.2) is 5.69 Å². The first-order valence-corrected chi connectivity index (χ1v) is 7.22. The van der Waals surface area contributed by atoms with Crippen molar-refractivity contribution in [2.45, 2.75) is 18.9 Å². The lowest BCUT2D eigenvalue weighted by molar-refractivity contribution is 0.0701. The average Bonchev–Trinajstić information content (AvgIpc) is 3.05. The molecule has 110 valence electrons. The molecule has 1 fully saturated rings. The van der Waals surface area contributed by atoms with Crippen LogP contribution in [-0.2, 0) is 0 Å². The number of para-hydroxylation sites is 1. The molecule has 0 unspecified atom stereocenters. The van der Waals surface area contributed by atoms with E-state index in [0.717, 1.165) is 31.6 Å². The van der Waals surface area contributed by atoms with Gasteiger partial charge in [-0.25, -0.2) is 4.68 Å². The molecule has 2 heterocycles. The highest BCUT2D eigenvalue weighted by Crippen LogP contribution is 2.13. The number of hydrogen-bond acceptors (Lipinski definition) is 4. The zero-order chi connectivity index (χ0) is 14.7. The number of aromatic nitrogens is 3. The summed E-state index contributed by atoms with van der Waals surface area (Å²) >= 11 is 0. The van der Waals surface area contributed by atoms with E-state index >= 15 is 0 Å². The van der Waals surface area contributed by atoms with Crippen LogP contribution in [0.5, 0.6) is 0 Å². The lowest BCUT2D eigenvalue weighted by Gasteiger charge is -2.31. The third kappa shape index (κ3) is 2.95. The second kappa shape index (κ2) is 6.05. The van der Waals surface area contributed by atoms with Gasteiger partial charge in [-0.1, -0.05) is 23.4 Å². The zero-order valence-corrected chi connectivity index (χ0v) is 12.1. The highest BCUT2D eigenvalue weighted by Gasteiger charge is 2.24. The molecular formula is C15H19N5O. The molecule has 0 aliphatic carbocycles. The molecule has 1 saturated heterocycles. The Kier molecular flexibility index (Phi) is 3.96. The number of likely N-dealkylation sites (tertiary alicyclic amines) is 1. The Balaban J connectivity index is 1.70. The maximum absolute atomic E-state index is 12.4. The first-order chi connectivity index (χ1) is 10.3. The van der Waals surface area contributed by atoms with Gasteiger partial charge >= 0.3 is 0 Å². The van der Waals surface area contributed by atoms with E-state index in [0.29, 0.717) is 11.7 Å².